The Bertz CT molecular complexity index is 809. The number of phenols is 1. The number of nitrogens with one attached hydrogen (secondary N) is 1. The Morgan fingerprint density at radius 2 is 1.57 bits per heavy atom. The highest BCUT2D eigenvalue weighted by atomic mass is 16.3. The maximum atomic E-state index is 9.69. The van der Waals surface area contributed by atoms with E-state index < -0.39 is 0 Å². The molecular weight excluding hydrogens is 282 g/mol. The largest absolute Gasteiger partial charge is 0.508 e. The van der Waals surface area contributed by atoms with Crippen molar-refractivity contribution in [2.24, 2.45) is 0 Å². The molecule has 2 N–H and O–H groups in total. The number of fused-ring (bicyclic) bond motifs is 1. The second-order valence-electron chi connectivity index (χ2n) is 6.01. The summed E-state index contributed by atoms with van der Waals surface area (Å²) in [6.07, 6.45) is 0.961. The highest BCUT2D eigenvalue weighted by molar-refractivity contribution is 5.63. The van der Waals surface area contributed by atoms with E-state index in [1.54, 1.807) is 6.07 Å². The van der Waals surface area contributed by atoms with Crippen LogP contribution in [0.5, 0.6) is 5.75 Å². The van der Waals surface area contributed by atoms with Gasteiger partial charge in [0.25, 0.3) is 0 Å². The summed E-state index contributed by atoms with van der Waals surface area (Å²) in [5, 5.41) is 13.3. The van der Waals surface area contributed by atoms with E-state index in [0.29, 0.717) is 5.75 Å². The number of rotatable bonds is 2. The highest BCUT2D eigenvalue weighted by Crippen LogP contribution is 2.31. The molecule has 0 radical (unpaired) electrons. The quantitative estimate of drug-likeness (QED) is 0.740. The van der Waals surface area contributed by atoms with E-state index in [9.17, 15) is 5.11 Å². The summed E-state index contributed by atoms with van der Waals surface area (Å²) < 4.78 is 0. The smallest absolute Gasteiger partial charge is 0.115 e. The van der Waals surface area contributed by atoms with Crippen LogP contribution < -0.4 is 5.32 Å². The van der Waals surface area contributed by atoms with Crippen molar-refractivity contribution in [1.29, 1.82) is 0 Å². The van der Waals surface area contributed by atoms with Crippen molar-refractivity contribution < 1.29 is 5.11 Å². The Balaban J connectivity index is 1.67. The van der Waals surface area contributed by atoms with Crippen LogP contribution in [0.2, 0.25) is 0 Å². The zero-order valence-electron chi connectivity index (χ0n) is 12.9. The zero-order valence-corrected chi connectivity index (χ0v) is 12.9. The lowest BCUT2D eigenvalue weighted by Crippen LogP contribution is -2.30. The van der Waals surface area contributed by atoms with Crippen LogP contribution in [0.1, 0.15) is 22.7 Å². The molecule has 2 heteroatoms. The average Bonchev–Trinajstić information content (AvgIpc) is 2.62. The van der Waals surface area contributed by atoms with Gasteiger partial charge in [0.2, 0.25) is 0 Å². The van der Waals surface area contributed by atoms with Crippen LogP contribution in [-0.4, -0.2) is 11.7 Å². The molecule has 0 amide bonds. The molecule has 1 heterocycles. The first kappa shape index (κ1) is 14.0. The summed E-state index contributed by atoms with van der Waals surface area (Å²) in [5.41, 5.74) is 6.23. The predicted molar refractivity (Wildman–Crippen MR) is 93.5 cm³/mol. The maximum absolute atomic E-state index is 9.69. The van der Waals surface area contributed by atoms with E-state index in [1.807, 2.05) is 18.2 Å². The van der Waals surface area contributed by atoms with E-state index in [-0.39, 0.29) is 6.04 Å². The average molecular weight is 301 g/mol. The summed E-state index contributed by atoms with van der Waals surface area (Å²) in [7, 11) is 0. The van der Waals surface area contributed by atoms with Crippen LogP contribution in [0, 0.1) is 0 Å². The van der Waals surface area contributed by atoms with E-state index >= 15 is 0 Å². The second kappa shape index (κ2) is 5.90. The maximum Gasteiger partial charge on any atom is 0.115 e. The zero-order chi connectivity index (χ0) is 15.6. The lowest BCUT2D eigenvalue weighted by atomic mass is 9.89. The third-order valence-corrected chi connectivity index (χ3v) is 4.53. The normalized spacial score (nSPS) is 16.8. The first-order chi connectivity index (χ1) is 11.3. The van der Waals surface area contributed by atoms with Gasteiger partial charge in [0.15, 0.2) is 0 Å². The predicted octanol–water partition coefficient (Wildman–Crippen LogP) is 4.29. The molecule has 0 aliphatic carbocycles. The molecule has 4 rings (SSSR count). The van der Waals surface area contributed by atoms with Crippen molar-refractivity contribution in [3.8, 4) is 16.9 Å². The van der Waals surface area contributed by atoms with Crippen molar-refractivity contribution >= 4 is 0 Å². The monoisotopic (exact) mass is 301 g/mol. The third-order valence-electron chi connectivity index (χ3n) is 4.53. The Morgan fingerprint density at radius 3 is 2.35 bits per heavy atom. The van der Waals surface area contributed by atoms with Crippen molar-refractivity contribution in [1.82, 2.24) is 5.32 Å². The van der Waals surface area contributed by atoms with Crippen molar-refractivity contribution in [2.45, 2.75) is 12.5 Å². The van der Waals surface area contributed by atoms with Crippen LogP contribution in [-0.2, 0) is 6.42 Å². The molecular formula is C21H19NO. The van der Waals surface area contributed by atoms with Crippen molar-refractivity contribution in [3.63, 3.8) is 0 Å². The molecule has 1 atom stereocenters. The number of aromatic hydroxyl groups is 1. The Morgan fingerprint density at radius 1 is 0.826 bits per heavy atom. The topological polar surface area (TPSA) is 32.3 Å². The minimum atomic E-state index is 0.198. The van der Waals surface area contributed by atoms with Crippen LogP contribution in [0.25, 0.3) is 11.1 Å². The first-order valence-electron chi connectivity index (χ1n) is 8.02. The minimum Gasteiger partial charge on any atom is -0.508 e. The molecule has 0 unspecified atom stereocenters. The molecule has 2 nitrogen and oxygen atoms in total. The molecule has 1 aliphatic rings. The molecule has 0 fully saturated rings. The van der Waals surface area contributed by atoms with Crippen LogP contribution >= 0.6 is 0 Å². The molecule has 1 aliphatic heterocycles. The Kier molecular flexibility index (Phi) is 3.60. The van der Waals surface area contributed by atoms with E-state index in [2.05, 4.69) is 53.8 Å². The van der Waals surface area contributed by atoms with Crippen molar-refractivity contribution in [2.75, 3.05) is 6.54 Å². The summed E-state index contributed by atoms with van der Waals surface area (Å²) in [6, 6.07) is 25.1. The Hall–Kier alpha value is -2.58. The molecule has 0 aromatic heterocycles. The summed E-state index contributed by atoms with van der Waals surface area (Å²) >= 11 is 0. The molecule has 3 aromatic rings. The number of benzene rings is 3. The number of hydrogen-bond acceptors (Lipinski definition) is 2. The molecule has 0 spiro atoms. The van der Waals surface area contributed by atoms with Gasteiger partial charge in [-0.2, -0.15) is 0 Å². The fraction of sp³-hybridized carbons (Fsp3) is 0.143. The van der Waals surface area contributed by atoms with Gasteiger partial charge < -0.3 is 10.4 Å². The third kappa shape index (κ3) is 2.73. The fourth-order valence-corrected chi connectivity index (χ4v) is 3.35. The van der Waals surface area contributed by atoms with Crippen molar-refractivity contribution in [3.05, 3.63) is 89.5 Å². The molecule has 114 valence electrons. The van der Waals surface area contributed by atoms with E-state index in [4.69, 9.17) is 0 Å². The minimum absolute atomic E-state index is 0.198. The van der Waals surface area contributed by atoms with Gasteiger partial charge in [-0.25, -0.2) is 0 Å². The van der Waals surface area contributed by atoms with Gasteiger partial charge in [-0.05, 0) is 46.4 Å². The lowest BCUT2D eigenvalue weighted by Gasteiger charge is -2.27. The van der Waals surface area contributed by atoms with Gasteiger partial charge in [-0.15, -0.1) is 0 Å². The van der Waals surface area contributed by atoms with Gasteiger partial charge in [-0.3, -0.25) is 0 Å². The standard InChI is InChI=1S/C21H19NO/c23-19-10-11-20-18(14-19)12-13-22-21(20)17-8-6-16(7-9-17)15-4-2-1-3-5-15/h1-11,14,21-23H,12-13H2/t21-/m1/s1. The highest BCUT2D eigenvalue weighted by Gasteiger charge is 2.21. The lowest BCUT2D eigenvalue weighted by molar-refractivity contribution is 0.471. The number of phenolic OH excluding ortho intramolecular Hbond substituents is 1. The summed E-state index contributed by atoms with van der Waals surface area (Å²) in [6.45, 7) is 0.932. The van der Waals surface area contributed by atoms with E-state index in [0.717, 1.165) is 13.0 Å². The number of hydrogen-bond donors (Lipinski definition) is 2. The fourth-order valence-electron chi connectivity index (χ4n) is 3.35. The molecule has 0 saturated heterocycles. The molecule has 0 saturated carbocycles. The van der Waals surface area contributed by atoms with Gasteiger partial charge in [0.1, 0.15) is 5.75 Å². The first-order valence-corrected chi connectivity index (χ1v) is 8.02. The van der Waals surface area contributed by atoms with Crippen LogP contribution in [0.4, 0.5) is 0 Å². The Labute approximate surface area is 136 Å². The molecule has 23 heavy (non-hydrogen) atoms. The van der Waals surface area contributed by atoms with Gasteiger partial charge >= 0.3 is 0 Å². The summed E-state index contributed by atoms with van der Waals surface area (Å²) in [5.74, 6) is 0.351. The van der Waals surface area contributed by atoms with Gasteiger partial charge in [0.05, 0.1) is 6.04 Å². The SMILES string of the molecule is Oc1ccc2c(c1)CCN[C@@H]2c1ccc(-c2ccccc2)cc1. The molecule has 0 bridgehead atoms. The van der Waals surface area contributed by atoms with Crippen LogP contribution in [0.15, 0.2) is 72.8 Å². The van der Waals surface area contributed by atoms with Gasteiger partial charge in [0, 0.05) is 6.54 Å². The summed E-state index contributed by atoms with van der Waals surface area (Å²) in [4.78, 5) is 0. The van der Waals surface area contributed by atoms with E-state index in [1.165, 1.54) is 27.8 Å². The second-order valence-corrected chi connectivity index (χ2v) is 6.01. The van der Waals surface area contributed by atoms with Crippen LogP contribution in [0.3, 0.4) is 0 Å². The van der Waals surface area contributed by atoms with Gasteiger partial charge in [-0.1, -0.05) is 60.7 Å². The molecule has 3 aromatic carbocycles.